The third-order valence-corrected chi connectivity index (χ3v) is 3.91. The molecule has 154 valence electrons. The second-order valence-electron chi connectivity index (χ2n) is 5.95. The zero-order chi connectivity index (χ0) is 19.7. The van der Waals surface area contributed by atoms with Gasteiger partial charge in [0, 0.05) is 20.2 Å². The van der Waals surface area contributed by atoms with E-state index >= 15 is 0 Å². The number of aliphatic imine (C=N–C) groups is 1. The van der Waals surface area contributed by atoms with Crippen molar-refractivity contribution in [2.45, 2.75) is 32.8 Å². The number of hydrogen-bond acceptors (Lipinski definition) is 2. The van der Waals surface area contributed by atoms with Crippen LogP contribution in [-0.2, 0) is 30.6 Å². The van der Waals surface area contributed by atoms with E-state index in [2.05, 4.69) is 15.6 Å². The van der Waals surface area contributed by atoms with E-state index in [9.17, 15) is 13.2 Å². The molecule has 0 aliphatic heterocycles. The molecule has 0 bridgehead atoms. The summed E-state index contributed by atoms with van der Waals surface area (Å²) in [6.07, 6.45) is -4.33. The largest absolute Gasteiger partial charge is 0.416 e. The normalized spacial score (nSPS) is 11.7. The summed E-state index contributed by atoms with van der Waals surface area (Å²) in [6, 6.07) is 13.0. The Hall–Kier alpha value is -1.81. The number of guanidine groups is 1. The second kappa shape index (κ2) is 11.9. The first-order chi connectivity index (χ1) is 12.9. The number of nitrogens with zero attached hydrogens (tertiary/aromatic N) is 1. The van der Waals surface area contributed by atoms with Gasteiger partial charge in [0.2, 0.25) is 0 Å². The van der Waals surface area contributed by atoms with E-state index < -0.39 is 11.7 Å². The van der Waals surface area contributed by atoms with E-state index in [1.165, 1.54) is 12.1 Å². The molecule has 0 radical (unpaired) electrons. The summed E-state index contributed by atoms with van der Waals surface area (Å²) in [5.74, 6) is 0.601. The maximum Gasteiger partial charge on any atom is 0.416 e. The summed E-state index contributed by atoms with van der Waals surface area (Å²) < 4.78 is 43.1. The van der Waals surface area contributed by atoms with Crippen LogP contribution >= 0.6 is 24.0 Å². The average Bonchev–Trinajstić information content (AvgIpc) is 2.65. The van der Waals surface area contributed by atoms with E-state index in [1.807, 2.05) is 31.2 Å². The topological polar surface area (TPSA) is 45.7 Å². The lowest BCUT2D eigenvalue weighted by Gasteiger charge is -2.14. The number of alkyl halides is 3. The van der Waals surface area contributed by atoms with Crippen LogP contribution in [0.25, 0.3) is 0 Å². The highest BCUT2D eigenvalue weighted by Crippen LogP contribution is 2.29. The van der Waals surface area contributed by atoms with Gasteiger partial charge in [0.05, 0.1) is 18.7 Å². The first-order valence-electron chi connectivity index (χ1n) is 8.68. The first kappa shape index (κ1) is 24.2. The Labute approximate surface area is 180 Å². The molecule has 2 rings (SSSR count). The average molecular weight is 507 g/mol. The van der Waals surface area contributed by atoms with Crippen molar-refractivity contribution >= 4 is 29.9 Å². The quantitative estimate of drug-likeness (QED) is 0.324. The van der Waals surface area contributed by atoms with Crippen molar-refractivity contribution in [2.75, 3.05) is 13.7 Å². The number of rotatable bonds is 7. The van der Waals surface area contributed by atoms with Crippen LogP contribution in [0.3, 0.4) is 0 Å². The van der Waals surface area contributed by atoms with Crippen molar-refractivity contribution in [2.24, 2.45) is 4.99 Å². The molecule has 0 saturated heterocycles. The molecule has 0 aromatic heterocycles. The van der Waals surface area contributed by atoms with Gasteiger partial charge in [-0.2, -0.15) is 13.2 Å². The van der Waals surface area contributed by atoms with Crippen molar-refractivity contribution in [3.05, 3.63) is 70.8 Å². The maximum absolute atomic E-state index is 12.6. The molecule has 0 fully saturated rings. The predicted molar refractivity (Wildman–Crippen MR) is 116 cm³/mol. The van der Waals surface area contributed by atoms with Crippen LogP contribution in [0.2, 0.25) is 0 Å². The summed E-state index contributed by atoms with van der Waals surface area (Å²) in [5.41, 5.74) is 2.24. The summed E-state index contributed by atoms with van der Waals surface area (Å²) in [5, 5.41) is 6.38. The van der Waals surface area contributed by atoms with Crippen molar-refractivity contribution in [3.63, 3.8) is 0 Å². The lowest BCUT2D eigenvalue weighted by atomic mass is 10.1. The standard InChI is InChI=1S/C20H24F3N3O.HI/c1-3-24-19(26-13-16-6-4-5-7-17(16)14-27-2)25-12-15-8-10-18(11-9-15)20(21,22)23;/h4-11H,3,12-14H2,1-2H3,(H2,24,25,26);1H. The van der Waals surface area contributed by atoms with Gasteiger partial charge in [0.15, 0.2) is 5.96 Å². The van der Waals surface area contributed by atoms with Crippen molar-refractivity contribution in [1.29, 1.82) is 0 Å². The summed E-state index contributed by atoms with van der Waals surface area (Å²) in [7, 11) is 1.65. The van der Waals surface area contributed by atoms with Gasteiger partial charge in [-0.05, 0) is 35.7 Å². The predicted octanol–water partition coefficient (Wildman–Crippen LogP) is 4.73. The second-order valence-corrected chi connectivity index (χ2v) is 5.95. The smallest absolute Gasteiger partial charge is 0.380 e. The molecule has 2 N–H and O–H groups in total. The molecule has 4 nitrogen and oxygen atoms in total. The van der Waals surface area contributed by atoms with Crippen molar-refractivity contribution < 1.29 is 17.9 Å². The van der Waals surface area contributed by atoms with E-state index in [0.29, 0.717) is 31.2 Å². The molecular formula is C20H25F3IN3O. The van der Waals surface area contributed by atoms with Gasteiger partial charge in [0.1, 0.15) is 0 Å². The highest BCUT2D eigenvalue weighted by Gasteiger charge is 2.29. The zero-order valence-electron chi connectivity index (χ0n) is 15.8. The van der Waals surface area contributed by atoms with Gasteiger partial charge in [-0.25, -0.2) is 4.99 Å². The molecule has 0 amide bonds. The number of methoxy groups -OCH3 is 1. The fourth-order valence-corrected chi connectivity index (χ4v) is 2.52. The first-order valence-corrected chi connectivity index (χ1v) is 8.68. The van der Waals surface area contributed by atoms with Crippen LogP contribution in [0.4, 0.5) is 13.2 Å². The fourth-order valence-electron chi connectivity index (χ4n) is 2.52. The molecule has 0 spiro atoms. The number of hydrogen-bond donors (Lipinski definition) is 2. The van der Waals surface area contributed by atoms with Crippen LogP contribution in [0.15, 0.2) is 53.5 Å². The minimum atomic E-state index is -4.33. The Kier molecular flexibility index (Phi) is 10.3. The molecule has 0 unspecified atom stereocenters. The molecule has 8 heteroatoms. The number of nitrogens with one attached hydrogen (secondary N) is 2. The highest BCUT2D eigenvalue weighted by molar-refractivity contribution is 14.0. The van der Waals surface area contributed by atoms with Crippen LogP contribution in [-0.4, -0.2) is 19.6 Å². The Morgan fingerprint density at radius 2 is 1.64 bits per heavy atom. The molecule has 28 heavy (non-hydrogen) atoms. The van der Waals surface area contributed by atoms with Gasteiger partial charge in [-0.1, -0.05) is 36.4 Å². The summed E-state index contributed by atoms with van der Waals surface area (Å²) in [4.78, 5) is 4.45. The fraction of sp³-hybridized carbons (Fsp3) is 0.350. The molecule has 0 aliphatic carbocycles. The Bertz CT molecular complexity index is 749. The molecule has 0 aliphatic rings. The van der Waals surface area contributed by atoms with E-state index in [1.54, 1.807) is 7.11 Å². The summed E-state index contributed by atoms with van der Waals surface area (Å²) in [6.45, 7) is 4.01. The van der Waals surface area contributed by atoms with Gasteiger partial charge < -0.3 is 15.4 Å². The van der Waals surface area contributed by atoms with E-state index in [-0.39, 0.29) is 30.5 Å². The van der Waals surface area contributed by atoms with Crippen molar-refractivity contribution in [3.8, 4) is 0 Å². The monoisotopic (exact) mass is 507 g/mol. The number of ether oxygens (including phenoxy) is 1. The highest BCUT2D eigenvalue weighted by atomic mass is 127. The minimum Gasteiger partial charge on any atom is -0.380 e. The molecule has 0 atom stereocenters. The van der Waals surface area contributed by atoms with Crippen LogP contribution in [0, 0.1) is 0 Å². The van der Waals surface area contributed by atoms with E-state index in [0.717, 1.165) is 23.3 Å². The van der Waals surface area contributed by atoms with Gasteiger partial charge >= 0.3 is 6.18 Å². The minimum absolute atomic E-state index is 0. The van der Waals surface area contributed by atoms with Crippen molar-refractivity contribution in [1.82, 2.24) is 10.6 Å². The Morgan fingerprint density at radius 1 is 1.00 bits per heavy atom. The van der Waals surface area contributed by atoms with E-state index in [4.69, 9.17) is 4.74 Å². The summed E-state index contributed by atoms with van der Waals surface area (Å²) >= 11 is 0. The van der Waals surface area contributed by atoms with Gasteiger partial charge in [-0.3, -0.25) is 0 Å². The Balaban J connectivity index is 0.00000392. The molecule has 0 heterocycles. The van der Waals surface area contributed by atoms with Gasteiger partial charge in [-0.15, -0.1) is 24.0 Å². The van der Waals surface area contributed by atoms with Gasteiger partial charge in [0.25, 0.3) is 0 Å². The molecule has 2 aromatic carbocycles. The third kappa shape index (κ3) is 7.67. The molecule has 0 saturated carbocycles. The third-order valence-electron chi connectivity index (χ3n) is 3.91. The maximum atomic E-state index is 12.6. The SMILES string of the molecule is CCNC(=NCc1ccc(C(F)(F)F)cc1)NCc1ccccc1COC.I. The zero-order valence-corrected chi connectivity index (χ0v) is 18.2. The van der Waals surface area contributed by atoms with Crippen LogP contribution in [0.1, 0.15) is 29.2 Å². The number of benzene rings is 2. The Morgan fingerprint density at radius 3 is 2.21 bits per heavy atom. The lowest BCUT2D eigenvalue weighted by Crippen LogP contribution is -2.37. The molecule has 2 aromatic rings. The van der Waals surface area contributed by atoms with Crippen LogP contribution in [0.5, 0.6) is 0 Å². The lowest BCUT2D eigenvalue weighted by molar-refractivity contribution is -0.137. The van der Waals surface area contributed by atoms with Crippen LogP contribution < -0.4 is 10.6 Å². The number of halogens is 4. The molecular weight excluding hydrogens is 482 g/mol.